The van der Waals surface area contributed by atoms with Crippen LogP contribution in [0.5, 0.6) is 0 Å². The monoisotopic (exact) mass is 268 g/mol. The summed E-state index contributed by atoms with van der Waals surface area (Å²) in [7, 11) is 0. The summed E-state index contributed by atoms with van der Waals surface area (Å²) >= 11 is 0. The summed E-state index contributed by atoms with van der Waals surface area (Å²) in [5.41, 5.74) is 0.826. The molecule has 0 saturated heterocycles. The highest BCUT2D eigenvalue weighted by atomic mass is 16.3. The van der Waals surface area contributed by atoms with Crippen LogP contribution in [0.15, 0.2) is 12.2 Å². The summed E-state index contributed by atoms with van der Waals surface area (Å²) in [6, 6.07) is 0. The molecule has 0 bridgehead atoms. The summed E-state index contributed by atoms with van der Waals surface area (Å²) < 4.78 is 0. The second-order valence-corrected chi connectivity index (χ2v) is 7.12. The number of fused-ring (bicyclic) bond motifs is 1. The molecule has 0 unspecified atom stereocenters. The van der Waals surface area contributed by atoms with Crippen LogP contribution in [0.2, 0.25) is 0 Å². The molecular weight excluding hydrogens is 240 g/mol. The van der Waals surface area contributed by atoms with Crippen LogP contribution in [0.4, 0.5) is 0 Å². The average Bonchev–Trinajstić information content (AvgIpc) is 2.38. The van der Waals surface area contributed by atoms with Gasteiger partial charge in [0.05, 0.1) is 6.10 Å². The Labute approximate surface area is 116 Å². The predicted molar refractivity (Wildman–Crippen MR) is 75.6 cm³/mol. The highest BCUT2D eigenvalue weighted by molar-refractivity contribution is 5.20. The first kappa shape index (κ1) is 15.0. The maximum absolute atomic E-state index is 10.3. The van der Waals surface area contributed by atoms with Gasteiger partial charge in [-0.1, -0.05) is 26.8 Å². The summed E-state index contributed by atoms with van der Waals surface area (Å²) in [4.78, 5) is 0. The minimum absolute atomic E-state index is 0.0504. The molecule has 0 spiro atoms. The first-order valence-corrected chi connectivity index (χ1v) is 7.47. The molecule has 2 aliphatic rings. The molecule has 2 saturated carbocycles. The van der Waals surface area contributed by atoms with Gasteiger partial charge in [-0.2, -0.15) is 0 Å². The van der Waals surface area contributed by atoms with E-state index in [9.17, 15) is 15.3 Å². The number of hydrogen-bond acceptors (Lipinski definition) is 3. The minimum Gasteiger partial charge on any atom is -0.396 e. The molecule has 2 fully saturated rings. The third-order valence-corrected chi connectivity index (χ3v) is 6.01. The molecular formula is C16H28O3. The van der Waals surface area contributed by atoms with E-state index in [0.717, 1.165) is 24.8 Å². The fourth-order valence-corrected chi connectivity index (χ4v) is 4.85. The van der Waals surface area contributed by atoms with Gasteiger partial charge in [0.2, 0.25) is 0 Å². The van der Waals surface area contributed by atoms with Gasteiger partial charge in [0.25, 0.3) is 0 Å². The van der Waals surface area contributed by atoms with Crippen LogP contribution in [-0.2, 0) is 0 Å². The van der Waals surface area contributed by atoms with Crippen molar-refractivity contribution in [3.63, 3.8) is 0 Å². The lowest BCUT2D eigenvalue weighted by Gasteiger charge is -2.59. The standard InChI is InChI=1S/C16H28O3/c1-11-12(5-8-17)16(3)7-4-6-15(2,10-18)14(16)9-13(11)19/h12-14,17-19H,1,4-10H2,2-3H3/t12-,13-,14-,15+,16+/m0/s1. The zero-order valence-electron chi connectivity index (χ0n) is 12.2. The molecule has 110 valence electrons. The summed E-state index contributed by atoms with van der Waals surface area (Å²) in [6.45, 7) is 8.80. The van der Waals surface area contributed by atoms with Crippen molar-refractivity contribution < 1.29 is 15.3 Å². The zero-order valence-corrected chi connectivity index (χ0v) is 12.2. The second kappa shape index (κ2) is 5.19. The smallest absolute Gasteiger partial charge is 0.0753 e. The van der Waals surface area contributed by atoms with Crippen LogP contribution in [0.3, 0.4) is 0 Å². The largest absolute Gasteiger partial charge is 0.396 e. The fraction of sp³-hybridized carbons (Fsp3) is 0.875. The van der Waals surface area contributed by atoms with E-state index in [4.69, 9.17) is 0 Å². The quantitative estimate of drug-likeness (QED) is 0.687. The van der Waals surface area contributed by atoms with Crippen LogP contribution in [0, 0.1) is 22.7 Å². The lowest BCUT2D eigenvalue weighted by molar-refractivity contribution is -0.110. The van der Waals surface area contributed by atoms with E-state index in [0.29, 0.717) is 18.8 Å². The minimum atomic E-state index is -0.487. The van der Waals surface area contributed by atoms with Gasteiger partial charge in [-0.05, 0) is 53.9 Å². The Hall–Kier alpha value is -0.380. The van der Waals surface area contributed by atoms with Crippen molar-refractivity contribution in [3.05, 3.63) is 12.2 Å². The van der Waals surface area contributed by atoms with E-state index in [1.54, 1.807) is 0 Å². The van der Waals surface area contributed by atoms with E-state index in [-0.39, 0.29) is 30.0 Å². The van der Waals surface area contributed by atoms with Gasteiger partial charge in [0.15, 0.2) is 0 Å². The molecule has 0 heterocycles. The number of aliphatic hydroxyl groups excluding tert-OH is 3. The van der Waals surface area contributed by atoms with Crippen molar-refractivity contribution >= 4 is 0 Å². The van der Waals surface area contributed by atoms with E-state index < -0.39 is 6.10 Å². The van der Waals surface area contributed by atoms with Gasteiger partial charge in [-0.15, -0.1) is 0 Å². The topological polar surface area (TPSA) is 60.7 Å². The Kier molecular flexibility index (Phi) is 4.10. The molecule has 3 heteroatoms. The van der Waals surface area contributed by atoms with Crippen LogP contribution >= 0.6 is 0 Å². The molecule has 19 heavy (non-hydrogen) atoms. The molecule has 0 amide bonds. The van der Waals surface area contributed by atoms with Gasteiger partial charge < -0.3 is 15.3 Å². The molecule has 2 aliphatic carbocycles. The van der Waals surface area contributed by atoms with Crippen LogP contribution in [0.1, 0.15) is 46.0 Å². The summed E-state index contributed by atoms with van der Waals surface area (Å²) in [5.74, 6) is 0.466. The SMILES string of the molecule is C=C1[C@@H](O)C[C@H]2[C@@](C)(CO)CCC[C@]2(C)[C@H]1CCO. The van der Waals surface area contributed by atoms with Crippen LogP contribution < -0.4 is 0 Å². The van der Waals surface area contributed by atoms with Crippen molar-refractivity contribution in [2.75, 3.05) is 13.2 Å². The Morgan fingerprint density at radius 1 is 1.26 bits per heavy atom. The van der Waals surface area contributed by atoms with E-state index in [1.807, 2.05) is 0 Å². The first-order valence-electron chi connectivity index (χ1n) is 7.47. The number of rotatable bonds is 3. The van der Waals surface area contributed by atoms with Gasteiger partial charge in [0.1, 0.15) is 0 Å². The average molecular weight is 268 g/mol. The second-order valence-electron chi connectivity index (χ2n) is 7.12. The normalized spacial score (nSPS) is 47.0. The summed E-state index contributed by atoms with van der Waals surface area (Å²) in [6.07, 6.45) is 4.12. The molecule has 5 atom stereocenters. The van der Waals surface area contributed by atoms with Gasteiger partial charge >= 0.3 is 0 Å². The number of aliphatic hydroxyl groups is 3. The Bertz CT molecular complexity index is 354. The zero-order chi connectivity index (χ0) is 14.3. The predicted octanol–water partition coefficient (Wildman–Crippen LogP) is 2.11. The van der Waals surface area contributed by atoms with Crippen molar-refractivity contribution in [2.45, 2.75) is 52.1 Å². The maximum Gasteiger partial charge on any atom is 0.0753 e. The van der Waals surface area contributed by atoms with Gasteiger partial charge in [-0.3, -0.25) is 0 Å². The number of hydrogen-bond donors (Lipinski definition) is 3. The van der Waals surface area contributed by atoms with Crippen molar-refractivity contribution in [3.8, 4) is 0 Å². The van der Waals surface area contributed by atoms with Crippen molar-refractivity contribution in [1.82, 2.24) is 0 Å². The molecule has 3 nitrogen and oxygen atoms in total. The van der Waals surface area contributed by atoms with E-state index >= 15 is 0 Å². The Morgan fingerprint density at radius 2 is 1.95 bits per heavy atom. The van der Waals surface area contributed by atoms with Gasteiger partial charge in [0, 0.05) is 13.2 Å². The van der Waals surface area contributed by atoms with Crippen LogP contribution in [0.25, 0.3) is 0 Å². The van der Waals surface area contributed by atoms with E-state index in [2.05, 4.69) is 20.4 Å². The Morgan fingerprint density at radius 3 is 2.53 bits per heavy atom. The molecule has 0 aromatic heterocycles. The molecule has 0 aliphatic heterocycles. The van der Waals surface area contributed by atoms with Crippen LogP contribution in [-0.4, -0.2) is 34.6 Å². The van der Waals surface area contributed by atoms with Gasteiger partial charge in [-0.25, -0.2) is 0 Å². The van der Waals surface area contributed by atoms with Crippen molar-refractivity contribution in [1.29, 1.82) is 0 Å². The lowest BCUT2D eigenvalue weighted by atomic mass is 9.46. The fourth-order valence-electron chi connectivity index (χ4n) is 4.85. The molecule has 3 N–H and O–H groups in total. The van der Waals surface area contributed by atoms with Crippen molar-refractivity contribution in [2.24, 2.45) is 22.7 Å². The lowest BCUT2D eigenvalue weighted by Crippen LogP contribution is -2.54. The first-order chi connectivity index (χ1) is 8.89. The highest BCUT2D eigenvalue weighted by Gasteiger charge is 2.55. The summed E-state index contributed by atoms with van der Waals surface area (Å²) in [5, 5.41) is 29.5. The molecule has 0 aromatic rings. The Balaban J connectivity index is 2.38. The third kappa shape index (κ3) is 2.26. The third-order valence-electron chi connectivity index (χ3n) is 6.01. The molecule has 0 radical (unpaired) electrons. The molecule has 0 aromatic carbocycles. The highest BCUT2D eigenvalue weighted by Crippen LogP contribution is 2.61. The maximum atomic E-state index is 10.3. The van der Waals surface area contributed by atoms with E-state index in [1.165, 1.54) is 0 Å². The molecule has 2 rings (SSSR count).